The fourth-order valence-corrected chi connectivity index (χ4v) is 5.39. The van der Waals surface area contributed by atoms with E-state index < -0.39 is 6.10 Å². The van der Waals surface area contributed by atoms with Gasteiger partial charge in [-0.05, 0) is 32.4 Å². The van der Waals surface area contributed by atoms with Crippen molar-refractivity contribution in [3.63, 3.8) is 0 Å². The van der Waals surface area contributed by atoms with Gasteiger partial charge < -0.3 is 20.1 Å². The largest absolute Gasteiger partial charge is 0.389 e. The molecule has 0 amide bonds. The zero-order valence-corrected chi connectivity index (χ0v) is 17.7. The summed E-state index contributed by atoms with van der Waals surface area (Å²) in [4.78, 5) is 16.9. The van der Waals surface area contributed by atoms with Gasteiger partial charge in [-0.1, -0.05) is 18.5 Å². The van der Waals surface area contributed by atoms with Crippen molar-refractivity contribution >= 4 is 28.9 Å². The number of rotatable bonds is 4. The summed E-state index contributed by atoms with van der Waals surface area (Å²) in [6.45, 7) is 5.42. The van der Waals surface area contributed by atoms with Gasteiger partial charge in [0.1, 0.15) is 5.69 Å². The molecule has 0 spiro atoms. The number of hydrogen-bond acceptors (Lipinski definition) is 8. The summed E-state index contributed by atoms with van der Waals surface area (Å²) >= 11 is 8.06. The van der Waals surface area contributed by atoms with Crippen LogP contribution in [-0.4, -0.2) is 70.5 Å². The summed E-state index contributed by atoms with van der Waals surface area (Å²) in [5, 5.41) is 15.0. The molecule has 2 aliphatic heterocycles. The fourth-order valence-electron chi connectivity index (χ4n) is 3.96. The summed E-state index contributed by atoms with van der Waals surface area (Å²) in [5.74, 6) is 1.52. The summed E-state index contributed by atoms with van der Waals surface area (Å²) in [6.07, 6.45) is 4.73. The van der Waals surface area contributed by atoms with Gasteiger partial charge in [0.2, 0.25) is 5.95 Å². The molecule has 9 heteroatoms. The topological polar surface area (TPSA) is 83.4 Å². The third kappa shape index (κ3) is 4.31. The fraction of sp³-hybridized carbons (Fsp3) is 0.632. The Morgan fingerprint density at radius 1 is 1.32 bits per heavy atom. The number of likely N-dealkylation sites (tertiary alicyclic amines) is 1. The molecule has 4 atom stereocenters. The Morgan fingerprint density at radius 3 is 2.96 bits per heavy atom. The first-order chi connectivity index (χ1) is 13.5. The zero-order chi connectivity index (χ0) is 19.7. The van der Waals surface area contributed by atoms with E-state index in [1.165, 1.54) is 0 Å². The molecule has 0 saturated carbocycles. The Kier molecular flexibility index (Phi) is 6.13. The number of nitrogens with one attached hydrogen (secondary N) is 1. The molecule has 2 fully saturated rings. The molecule has 2 aromatic heterocycles. The number of aromatic nitrogens is 3. The molecule has 2 N–H and O–H groups in total. The lowest BCUT2D eigenvalue weighted by Crippen LogP contribution is -2.42. The highest BCUT2D eigenvalue weighted by molar-refractivity contribution is 7.15. The molecule has 0 radical (unpaired) electrons. The lowest BCUT2D eigenvalue weighted by Gasteiger charge is -2.33. The van der Waals surface area contributed by atoms with Crippen molar-refractivity contribution in [2.45, 2.75) is 37.8 Å². The van der Waals surface area contributed by atoms with Crippen LogP contribution in [0.1, 0.15) is 30.7 Å². The Morgan fingerprint density at radius 2 is 2.18 bits per heavy atom. The summed E-state index contributed by atoms with van der Waals surface area (Å²) in [5.41, 5.74) is 0.685. The van der Waals surface area contributed by atoms with Crippen LogP contribution in [0, 0.1) is 5.92 Å². The third-order valence-corrected chi connectivity index (χ3v) is 6.98. The second kappa shape index (κ2) is 8.59. The van der Waals surface area contributed by atoms with Crippen LogP contribution in [-0.2, 0) is 4.74 Å². The van der Waals surface area contributed by atoms with Crippen molar-refractivity contribution in [2.75, 3.05) is 38.7 Å². The maximum absolute atomic E-state index is 10.1. The highest BCUT2D eigenvalue weighted by Gasteiger charge is 2.29. The predicted molar refractivity (Wildman–Crippen MR) is 111 cm³/mol. The Hall–Kier alpha value is -1.32. The minimum Gasteiger partial charge on any atom is -0.389 e. The van der Waals surface area contributed by atoms with E-state index in [4.69, 9.17) is 21.3 Å². The minimum absolute atomic E-state index is 0.125. The first-order valence-electron chi connectivity index (χ1n) is 9.70. The normalized spacial score (nSPS) is 29.0. The van der Waals surface area contributed by atoms with Gasteiger partial charge >= 0.3 is 0 Å². The number of ether oxygens (including phenoxy) is 1. The summed E-state index contributed by atoms with van der Waals surface area (Å²) in [6, 6.07) is -0.125. The van der Waals surface area contributed by atoms with Crippen molar-refractivity contribution in [1.29, 1.82) is 0 Å². The van der Waals surface area contributed by atoms with Gasteiger partial charge in [0.15, 0.2) is 0 Å². The molecule has 0 unspecified atom stereocenters. The van der Waals surface area contributed by atoms with E-state index in [9.17, 15) is 5.11 Å². The maximum atomic E-state index is 10.1. The Balaban J connectivity index is 1.53. The Labute approximate surface area is 174 Å². The summed E-state index contributed by atoms with van der Waals surface area (Å²) in [7, 11) is 2.17. The molecule has 2 saturated heterocycles. The molecular weight excluding hydrogens is 398 g/mol. The van der Waals surface area contributed by atoms with E-state index in [2.05, 4.69) is 34.2 Å². The van der Waals surface area contributed by atoms with Gasteiger partial charge in [-0.15, -0.1) is 11.3 Å². The van der Waals surface area contributed by atoms with E-state index in [0.717, 1.165) is 29.4 Å². The molecule has 28 heavy (non-hydrogen) atoms. The minimum atomic E-state index is -0.572. The highest BCUT2D eigenvalue weighted by atomic mass is 35.5. The van der Waals surface area contributed by atoms with E-state index in [1.807, 2.05) is 6.20 Å². The smallest absolute Gasteiger partial charge is 0.223 e. The van der Waals surface area contributed by atoms with Crippen LogP contribution in [0.4, 0.5) is 5.95 Å². The van der Waals surface area contributed by atoms with Crippen molar-refractivity contribution in [3.8, 4) is 10.6 Å². The van der Waals surface area contributed by atoms with Crippen LogP contribution in [0.5, 0.6) is 0 Å². The van der Waals surface area contributed by atoms with Crippen molar-refractivity contribution in [1.82, 2.24) is 19.9 Å². The SMILES string of the molecule is C[C@@H]1CN(C)CC[C@H]1c1ncc(-c2nc(N[C@@H]3CCOC[C@H]3O)ncc2Cl)s1. The van der Waals surface area contributed by atoms with Crippen LogP contribution in [0.25, 0.3) is 10.6 Å². The van der Waals surface area contributed by atoms with Crippen molar-refractivity contribution in [3.05, 3.63) is 22.4 Å². The molecule has 0 aliphatic carbocycles. The second-order valence-corrected chi connectivity index (χ2v) is 9.24. The molecule has 2 aliphatic rings. The maximum Gasteiger partial charge on any atom is 0.223 e. The molecule has 0 aromatic carbocycles. The molecule has 0 bridgehead atoms. The monoisotopic (exact) mass is 423 g/mol. The lowest BCUT2D eigenvalue weighted by molar-refractivity contribution is -0.0136. The van der Waals surface area contributed by atoms with Gasteiger partial charge in [-0.2, -0.15) is 0 Å². The molecule has 152 valence electrons. The van der Waals surface area contributed by atoms with E-state index >= 15 is 0 Å². The highest BCUT2D eigenvalue weighted by Crippen LogP contribution is 2.38. The van der Waals surface area contributed by atoms with Gasteiger partial charge in [-0.25, -0.2) is 15.0 Å². The predicted octanol–water partition coefficient (Wildman–Crippen LogP) is 2.87. The van der Waals surface area contributed by atoms with E-state index in [-0.39, 0.29) is 6.04 Å². The van der Waals surface area contributed by atoms with E-state index in [1.54, 1.807) is 17.5 Å². The third-order valence-electron chi connectivity index (χ3n) is 5.57. The first-order valence-corrected chi connectivity index (χ1v) is 10.9. The van der Waals surface area contributed by atoms with Crippen LogP contribution in [0.3, 0.4) is 0 Å². The van der Waals surface area contributed by atoms with Crippen LogP contribution >= 0.6 is 22.9 Å². The standard InChI is InChI=1S/C19H26ClN5O2S/c1-11-9-25(2)5-3-12(11)18-21-8-16(28-18)17-13(20)7-22-19(24-17)23-14-4-6-27-10-15(14)26/h7-8,11-12,14-15,26H,3-6,9-10H2,1-2H3,(H,22,23,24)/t11-,12-,14-,15-/m1/s1. The second-order valence-electron chi connectivity index (χ2n) is 7.77. The van der Waals surface area contributed by atoms with Gasteiger partial charge in [0.25, 0.3) is 0 Å². The van der Waals surface area contributed by atoms with Gasteiger partial charge in [0.05, 0.1) is 39.9 Å². The van der Waals surface area contributed by atoms with Crippen LogP contribution < -0.4 is 5.32 Å². The van der Waals surface area contributed by atoms with E-state index in [0.29, 0.717) is 48.1 Å². The number of aliphatic hydroxyl groups excluding tert-OH is 1. The number of anilines is 1. The van der Waals surface area contributed by atoms with Crippen molar-refractivity contribution in [2.24, 2.45) is 5.92 Å². The lowest BCUT2D eigenvalue weighted by atomic mass is 9.88. The molecule has 4 heterocycles. The Bertz CT molecular complexity index is 819. The zero-order valence-electron chi connectivity index (χ0n) is 16.1. The van der Waals surface area contributed by atoms with Gasteiger partial charge in [0, 0.05) is 25.3 Å². The first kappa shape index (κ1) is 20.0. The number of hydrogen-bond donors (Lipinski definition) is 2. The number of halogens is 1. The average Bonchev–Trinajstić information content (AvgIpc) is 3.14. The quantitative estimate of drug-likeness (QED) is 0.782. The van der Waals surface area contributed by atoms with Gasteiger partial charge in [-0.3, -0.25) is 0 Å². The average molecular weight is 424 g/mol. The number of thiazole rings is 1. The molecule has 2 aromatic rings. The number of piperidine rings is 1. The van der Waals surface area contributed by atoms with Crippen LogP contribution in [0.2, 0.25) is 5.02 Å². The number of aliphatic hydroxyl groups is 1. The summed E-state index contributed by atoms with van der Waals surface area (Å²) < 4.78 is 5.28. The van der Waals surface area contributed by atoms with Crippen LogP contribution in [0.15, 0.2) is 12.4 Å². The number of nitrogens with zero attached hydrogens (tertiary/aromatic N) is 4. The molecular formula is C19H26ClN5O2S. The van der Waals surface area contributed by atoms with Crippen molar-refractivity contribution < 1.29 is 9.84 Å². The molecule has 7 nitrogen and oxygen atoms in total. The molecule has 4 rings (SSSR count).